The lowest BCUT2D eigenvalue weighted by Gasteiger charge is -2.17. The molecule has 0 aliphatic carbocycles. The lowest BCUT2D eigenvalue weighted by molar-refractivity contribution is -0.142. The van der Waals surface area contributed by atoms with Gasteiger partial charge in [-0.25, -0.2) is 0 Å². The topological polar surface area (TPSA) is 66.4 Å². The minimum atomic E-state index is -0.921. The van der Waals surface area contributed by atoms with Crippen LogP contribution in [0.2, 0.25) is 5.02 Å². The fourth-order valence-corrected chi connectivity index (χ4v) is 3.12. The molecule has 0 aliphatic heterocycles. The molecule has 21 heavy (non-hydrogen) atoms. The van der Waals surface area contributed by atoms with E-state index in [1.54, 1.807) is 25.2 Å². The molecule has 1 heterocycles. The van der Waals surface area contributed by atoms with E-state index in [2.05, 4.69) is 5.32 Å². The van der Waals surface area contributed by atoms with Crippen molar-refractivity contribution in [2.24, 2.45) is 5.92 Å². The number of halogens is 1. The molecule has 0 saturated carbocycles. The molecule has 4 nitrogen and oxygen atoms in total. The van der Waals surface area contributed by atoms with E-state index < -0.39 is 17.9 Å². The predicted octanol–water partition coefficient (Wildman–Crippen LogP) is 3.32. The Hall–Kier alpha value is -1.59. The number of hydrogen-bond acceptors (Lipinski definition) is 3. The number of carbonyl (C=O) groups excluding carboxylic acids is 1. The highest BCUT2D eigenvalue weighted by Gasteiger charge is 2.21. The van der Waals surface area contributed by atoms with Crippen molar-refractivity contribution in [3.8, 4) is 0 Å². The third-order valence-corrected chi connectivity index (χ3v) is 4.74. The SMILES string of the molecule is CC(NC(=O)Cc1csc2ccc(Cl)cc12)C(C)C(=O)O. The maximum atomic E-state index is 12.0. The summed E-state index contributed by atoms with van der Waals surface area (Å²) in [7, 11) is 0. The smallest absolute Gasteiger partial charge is 0.308 e. The van der Waals surface area contributed by atoms with Gasteiger partial charge in [-0.1, -0.05) is 11.6 Å². The van der Waals surface area contributed by atoms with Gasteiger partial charge in [0.15, 0.2) is 0 Å². The lowest BCUT2D eigenvalue weighted by Crippen LogP contribution is -2.40. The van der Waals surface area contributed by atoms with Crippen molar-refractivity contribution in [2.45, 2.75) is 26.3 Å². The summed E-state index contributed by atoms with van der Waals surface area (Å²) in [5.74, 6) is -1.73. The fourth-order valence-electron chi connectivity index (χ4n) is 2.01. The zero-order valence-corrected chi connectivity index (χ0v) is 13.3. The molecule has 1 amide bonds. The van der Waals surface area contributed by atoms with Crippen LogP contribution in [0.15, 0.2) is 23.6 Å². The minimum absolute atomic E-state index is 0.185. The first-order valence-corrected chi connectivity index (χ1v) is 7.82. The maximum absolute atomic E-state index is 12.0. The highest BCUT2D eigenvalue weighted by molar-refractivity contribution is 7.17. The Morgan fingerprint density at radius 3 is 2.76 bits per heavy atom. The van der Waals surface area contributed by atoms with Crippen LogP contribution in [0.5, 0.6) is 0 Å². The van der Waals surface area contributed by atoms with Crippen molar-refractivity contribution in [2.75, 3.05) is 0 Å². The van der Waals surface area contributed by atoms with E-state index in [9.17, 15) is 9.59 Å². The van der Waals surface area contributed by atoms with Crippen molar-refractivity contribution < 1.29 is 14.7 Å². The number of benzene rings is 1. The minimum Gasteiger partial charge on any atom is -0.481 e. The van der Waals surface area contributed by atoms with Crippen LogP contribution in [0, 0.1) is 5.92 Å². The average molecular weight is 326 g/mol. The summed E-state index contributed by atoms with van der Waals surface area (Å²) in [5.41, 5.74) is 0.908. The Kier molecular flexibility index (Phi) is 4.85. The van der Waals surface area contributed by atoms with Gasteiger partial charge in [0, 0.05) is 15.8 Å². The van der Waals surface area contributed by atoms with Crippen molar-refractivity contribution in [3.05, 3.63) is 34.2 Å². The monoisotopic (exact) mass is 325 g/mol. The normalized spacial score (nSPS) is 13.9. The molecule has 1 aromatic heterocycles. The van der Waals surface area contributed by atoms with Gasteiger partial charge in [-0.05, 0) is 48.4 Å². The summed E-state index contributed by atoms with van der Waals surface area (Å²) >= 11 is 7.55. The van der Waals surface area contributed by atoms with Crippen LogP contribution in [0.1, 0.15) is 19.4 Å². The first-order valence-electron chi connectivity index (χ1n) is 6.56. The second kappa shape index (κ2) is 6.45. The van der Waals surface area contributed by atoms with Crippen LogP contribution < -0.4 is 5.32 Å². The summed E-state index contributed by atoms with van der Waals surface area (Å²) in [6, 6.07) is 5.18. The van der Waals surface area contributed by atoms with Gasteiger partial charge in [-0.3, -0.25) is 9.59 Å². The Morgan fingerprint density at radius 1 is 1.38 bits per heavy atom. The molecule has 0 saturated heterocycles. The molecule has 0 radical (unpaired) electrons. The summed E-state index contributed by atoms with van der Waals surface area (Å²) in [4.78, 5) is 22.9. The highest BCUT2D eigenvalue weighted by Crippen LogP contribution is 2.28. The van der Waals surface area contributed by atoms with Crippen molar-refractivity contribution in [3.63, 3.8) is 0 Å². The zero-order chi connectivity index (χ0) is 15.6. The number of amides is 1. The first-order chi connectivity index (χ1) is 9.88. The molecule has 0 spiro atoms. The van der Waals surface area contributed by atoms with Crippen LogP contribution in [-0.4, -0.2) is 23.0 Å². The molecule has 2 aromatic rings. The van der Waals surface area contributed by atoms with Gasteiger partial charge >= 0.3 is 5.97 Å². The van der Waals surface area contributed by atoms with Gasteiger partial charge in [-0.2, -0.15) is 0 Å². The van der Waals surface area contributed by atoms with Gasteiger partial charge in [0.05, 0.1) is 12.3 Å². The van der Waals surface area contributed by atoms with Crippen LogP contribution in [0.25, 0.3) is 10.1 Å². The van der Waals surface area contributed by atoms with Crippen LogP contribution in [-0.2, 0) is 16.0 Å². The van der Waals surface area contributed by atoms with E-state index in [4.69, 9.17) is 16.7 Å². The predicted molar refractivity (Wildman–Crippen MR) is 84.9 cm³/mol. The van der Waals surface area contributed by atoms with Gasteiger partial charge in [0.25, 0.3) is 0 Å². The number of nitrogens with one attached hydrogen (secondary N) is 1. The Morgan fingerprint density at radius 2 is 2.10 bits per heavy atom. The van der Waals surface area contributed by atoms with Crippen molar-refractivity contribution in [1.82, 2.24) is 5.32 Å². The number of hydrogen-bond donors (Lipinski definition) is 2. The Balaban J connectivity index is 2.08. The molecule has 2 N–H and O–H groups in total. The number of carboxylic acids is 1. The fraction of sp³-hybridized carbons (Fsp3) is 0.333. The summed E-state index contributed by atoms with van der Waals surface area (Å²) in [5, 5.41) is 15.2. The van der Waals surface area contributed by atoms with Crippen LogP contribution >= 0.6 is 22.9 Å². The second-order valence-electron chi connectivity index (χ2n) is 5.06. The second-order valence-corrected chi connectivity index (χ2v) is 6.41. The van der Waals surface area contributed by atoms with Gasteiger partial charge in [-0.15, -0.1) is 11.3 Å². The maximum Gasteiger partial charge on any atom is 0.308 e. The van der Waals surface area contributed by atoms with E-state index >= 15 is 0 Å². The quantitative estimate of drug-likeness (QED) is 0.886. The number of aliphatic carboxylic acids is 1. The molecular weight excluding hydrogens is 310 g/mol. The lowest BCUT2D eigenvalue weighted by atomic mass is 10.0. The van der Waals surface area contributed by atoms with E-state index in [0.29, 0.717) is 5.02 Å². The van der Waals surface area contributed by atoms with E-state index in [0.717, 1.165) is 15.6 Å². The molecule has 112 valence electrons. The summed E-state index contributed by atoms with van der Waals surface area (Å²) in [6.45, 7) is 3.27. The van der Waals surface area contributed by atoms with Crippen molar-refractivity contribution >= 4 is 44.9 Å². The van der Waals surface area contributed by atoms with Crippen LogP contribution in [0.4, 0.5) is 0 Å². The Labute approximate surface area is 131 Å². The zero-order valence-electron chi connectivity index (χ0n) is 11.7. The molecule has 6 heteroatoms. The number of thiophene rings is 1. The number of carbonyl (C=O) groups is 2. The molecule has 2 unspecified atom stereocenters. The van der Waals surface area contributed by atoms with Crippen molar-refractivity contribution in [1.29, 1.82) is 0 Å². The first kappa shape index (κ1) is 15.8. The number of rotatable bonds is 5. The van der Waals surface area contributed by atoms with Crippen LogP contribution in [0.3, 0.4) is 0 Å². The van der Waals surface area contributed by atoms with Gasteiger partial charge in [0.1, 0.15) is 0 Å². The molecular formula is C15H16ClNO3S. The standard InChI is InChI=1S/C15H16ClNO3S/c1-8(15(19)20)9(2)17-14(18)5-10-7-21-13-4-3-11(16)6-12(10)13/h3-4,6-9H,5H2,1-2H3,(H,17,18)(H,19,20). The largest absolute Gasteiger partial charge is 0.481 e. The van der Waals surface area contributed by atoms with E-state index in [1.165, 1.54) is 0 Å². The molecule has 0 aliphatic rings. The third kappa shape index (κ3) is 3.74. The molecule has 0 bridgehead atoms. The number of carboxylic acid groups (broad SMARTS) is 1. The number of fused-ring (bicyclic) bond motifs is 1. The summed E-state index contributed by atoms with van der Waals surface area (Å²) < 4.78 is 1.08. The third-order valence-electron chi connectivity index (χ3n) is 3.49. The average Bonchev–Trinajstić information content (AvgIpc) is 2.80. The highest BCUT2D eigenvalue weighted by atomic mass is 35.5. The Bertz CT molecular complexity index is 683. The van der Waals surface area contributed by atoms with Gasteiger partial charge < -0.3 is 10.4 Å². The van der Waals surface area contributed by atoms with E-state index in [-0.39, 0.29) is 12.3 Å². The molecule has 2 atom stereocenters. The molecule has 0 fully saturated rings. The van der Waals surface area contributed by atoms with E-state index in [1.807, 2.05) is 23.6 Å². The van der Waals surface area contributed by atoms with Gasteiger partial charge in [0.2, 0.25) is 5.91 Å². The summed E-state index contributed by atoms with van der Waals surface area (Å²) in [6.07, 6.45) is 0.219. The molecule has 1 aromatic carbocycles. The molecule has 2 rings (SSSR count).